The molecule has 0 aliphatic carbocycles. The minimum Gasteiger partial charge on any atom is -0.426 e. The molecule has 4 aromatic rings. The number of ether oxygens (including phenoxy) is 1. The normalized spacial score (nSPS) is 19.0. The van der Waals surface area contributed by atoms with Gasteiger partial charge in [-0.25, -0.2) is 19.3 Å². The van der Waals surface area contributed by atoms with Crippen molar-refractivity contribution in [3.63, 3.8) is 0 Å². The molecule has 7 nitrogen and oxygen atoms in total. The zero-order valence-corrected chi connectivity index (χ0v) is 16.7. The number of esters is 1. The quantitative estimate of drug-likeness (QED) is 0.374. The summed E-state index contributed by atoms with van der Waals surface area (Å²) >= 11 is 0. The lowest BCUT2D eigenvalue weighted by Crippen LogP contribution is -2.39. The largest absolute Gasteiger partial charge is 0.426 e. The highest BCUT2D eigenvalue weighted by Gasteiger charge is 2.42. The maximum absolute atomic E-state index is 14.0. The van der Waals surface area contributed by atoms with Crippen LogP contribution in [0.5, 0.6) is 5.75 Å². The van der Waals surface area contributed by atoms with Crippen LogP contribution in [0, 0.1) is 5.82 Å². The topological polar surface area (TPSA) is 92.8 Å². The molecule has 5 rings (SSSR count). The molecule has 3 heterocycles. The number of anilines is 1. The zero-order chi connectivity index (χ0) is 21.4. The molecule has 31 heavy (non-hydrogen) atoms. The Balaban J connectivity index is 1.62. The molecule has 2 aromatic heterocycles. The highest BCUT2D eigenvalue weighted by molar-refractivity contribution is 5.85. The fourth-order valence-electron chi connectivity index (χ4n) is 4.34. The summed E-state index contributed by atoms with van der Waals surface area (Å²) in [6.07, 6.45) is 3.71. The number of hydrogen-bond acceptors (Lipinski definition) is 6. The first-order valence-electron chi connectivity index (χ1n) is 10.1. The lowest BCUT2D eigenvalue weighted by atomic mass is 9.74. The van der Waals surface area contributed by atoms with Crippen LogP contribution in [0.1, 0.15) is 36.3 Å². The number of rotatable bonds is 5. The summed E-state index contributed by atoms with van der Waals surface area (Å²) in [6, 6.07) is 13.4. The summed E-state index contributed by atoms with van der Waals surface area (Å²) in [4.78, 5) is 28.9. The van der Waals surface area contributed by atoms with Crippen molar-refractivity contribution in [3.8, 4) is 5.75 Å². The predicted octanol–water partition coefficient (Wildman–Crippen LogP) is 4.17. The van der Waals surface area contributed by atoms with Crippen LogP contribution in [0.2, 0.25) is 0 Å². The van der Waals surface area contributed by atoms with Crippen molar-refractivity contribution in [2.24, 2.45) is 0 Å². The third-order valence-electron chi connectivity index (χ3n) is 5.73. The predicted molar refractivity (Wildman–Crippen MR) is 113 cm³/mol. The van der Waals surface area contributed by atoms with E-state index in [2.05, 4.69) is 25.3 Å². The summed E-state index contributed by atoms with van der Waals surface area (Å²) in [5.74, 6) is -0.620. The number of fused-ring (bicyclic) bond motifs is 2. The number of para-hydroxylation sites is 1. The first-order valence-corrected chi connectivity index (χ1v) is 10.1. The van der Waals surface area contributed by atoms with Gasteiger partial charge in [0.2, 0.25) is 0 Å². The van der Waals surface area contributed by atoms with Crippen molar-refractivity contribution in [3.05, 3.63) is 78.1 Å². The van der Waals surface area contributed by atoms with Crippen molar-refractivity contribution in [2.75, 3.05) is 5.32 Å². The molecular weight excluding hydrogens is 397 g/mol. The third kappa shape index (κ3) is 3.39. The number of aromatic nitrogens is 4. The van der Waals surface area contributed by atoms with Crippen molar-refractivity contribution in [1.29, 1.82) is 0 Å². The van der Waals surface area contributed by atoms with E-state index >= 15 is 0 Å². The summed E-state index contributed by atoms with van der Waals surface area (Å²) in [5, 5.41) is 3.48. The van der Waals surface area contributed by atoms with Crippen LogP contribution < -0.4 is 10.1 Å². The van der Waals surface area contributed by atoms with E-state index in [1.54, 1.807) is 24.5 Å². The molecule has 3 unspecified atom stereocenters. The van der Waals surface area contributed by atoms with Crippen LogP contribution >= 0.6 is 0 Å². The fourth-order valence-corrected chi connectivity index (χ4v) is 4.34. The van der Waals surface area contributed by atoms with Crippen LogP contribution in [-0.4, -0.2) is 31.9 Å². The van der Waals surface area contributed by atoms with Gasteiger partial charge in [0.1, 0.15) is 23.4 Å². The number of hydrogen-bond donors (Lipinski definition) is 2. The van der Waals surface area contributed by atoms with Crippen LogP contribution in [0.15, 0.2) is 61.2 Å². The summed E-state index contributed by atoms with van der Waals surface area (Å²) in [5.41, 5.74) is 2.72. The van der Waals surface area contributed by atoms with E-state index in [-0.39, 0.29) is 17.8 Å². The van der Waals surface area contributed by atoms with E-state index < -0.39 is 11.9 Å². The van der Waals surface area contributed by atoms with Gasteiger partial charge in [0.15, 0.2) is 11.5 Å². The summed E-state index contributed by atoms with van der Waals surface area (Å²) in [7, 11) is 0. The average Bonchev–Trinajstić information content (AvgIpc) is 3.26. The van der Waals surface area contributed by atoms with Crippen LogP contribution in [-0.2, 0) is 4.79 Å². The Hall–Kier alpha value is -3.81. The maximum Gasteiger partial charge on any atom is 0.319 e. The standard InChI is InChI=1S/C23H20FN5O2/c1-2-16(29-22-20-21(26-11-25-20)27-12-28-22)19-15-8-3-4-9-17(15)31-23(30)18(19)13-6-5-7-14(24)10-13/h3-12,16,18-19H,2H2,1H3,(H2,25,26,27,28,29). The first-order chi connectivity index (χ1) is 15.2. The average molecular weight is 417 g/mol. The Morgan fingerprint density at radius 2 is 2.03 bits per heavy atom. The van der Waals surface area contributed by atoms with E-state index in [1.165, 1.54) is 18.5 Å². The van der Waals surface area contributed by atoms with E-state index in [4.69, 9.17) is 4.74 Å². The van der Waals surface area contributed by atoms with Crippen LogP contribution in [0.3, 0.4) is 0 Å². The monoisotopic (exact) mass is 417 g/mol. The summed E-state index contributed by atoms with van der Waals surface area (Å²) < 4.78 is 19.7. The lowest BCUT2D eigenvalue weighted by molar-refractivity contribution is -0.138. The van der Waals surface area contributed by atoms with Gasteiger partial charge >= 0.3 is 5.97 Å². The van der Waals surface area contributed by atoms with E-state index in [1.807, 2.05) is 25.1 Å². The number of carbonyl (C=O) groups is 1. The van der Waals surface area contributed by atoms with Gasteiger partial charge in [-0.2, -0.15) is 0 Å². The summed E-state index contributed by atoms with van der Waals surface area (Å²) in [6.45, 7) is 2.04. The highest BCUT2D eigenvalue weighted by atomic mass is 19.1. The number of aromatic amines is 1. The van der Waals surface area contributed by atoms with E-state index in [9.17, 15) is 9.18 Å². The number of imidazole rings is 1. The molecule has 2 N–H and O–H groups in total. The van der Waals surface area contributed by atoms with E-state index in [0.717, 1.165) is 5.56 Å². The fraction of sp³-hybridized carbons (Fsp3) is 0.217. The Morgan fingerprint density at radius 1 is 1.16 bits per heavy atom. The SMILES string of the molecule is CCC(Nc1ncnc2nc[nH]c12)C1c2ccccc2OC(=O)C1c1cccc(F)c1. The molecule has 0 bridgehead atoms. The minimum absolute atomic E-state index is 0.191. The Morgan fingerprint density at radius 3 is 2.87 bits per heavy atom. The Labute approximate surface area is 177 Å². The molecule has 0 radical (unpaired) electrons. The molecule has 0 fully saturated rings. The third-order valence-corrected chi connectivity index (χ3v) is 5.73. The van der Waals surface area contributed by atoms with E-state index in [0.29, 0.717) is 34.7 Å². The van der Waals surface area contributed by atoms with Crippen molar-refractivity contribution >= 4 is 23.0 Å². The van der Waals surface area contributed by atoms with Crippen LogP contribution in [0.4, 0.5) is 10.2 Å². The number of benzene rings is 2. The maximum atomic E-state index is 14.0. The molecule has 2 aromatic carbocycles. The molecule has 0 saturated carbocycles. The second-order valence-electron chi connectivity index (χ2n) is 7.50. The van der Waals surface area contributed by atoms with Gasteiger partial charge in [0, 0.05) is 17.5 Å². The molecule has 1 aliphatic rings. The van der Waals surface area contributed by atoms with Gasteiger partial charge < -0.3 is 15.0 Å². The zero-order valence-electron chi connectivity index (χ0n) is 16.7. The highest BCUT2D eigenvalue weighted by Crippen LogP contribution is 2.46. The van der Waals surface area contributed by atoms with Crippen molar-refractivity contribution in [1.82, 2.24) is 19.9 Å². The Bertz CT molecular complexity index is 1260. The van der Waals surface area contributed by atoms with Gasteiger partial charge in [0.05, 0.1) is 12.2 Å². The molecular formula is C23H20FN5O2. The number of carbonyl (C=O) groups excluding carboxylic acids is 1. The number of H-pyrrole nitrogens is 1. The smallest absolute Gasteiger partial charge is 0.319 e. The van der Waals surface area contributed by atoms with Gasteiger partial charge in [-0.1, -0.05) is 37.3 Å². The van der Waals surface area contributed by atoms with Gasteiger partial charge in [0.25, 0.3) is 0 Å². The molecule has 156 valence electrons. The second kappa shape index (κ2) is 7.79. The van der Waals surface area contributed by atoms with Crippen molar-refractivity contribution < 1.29 is 13.9 Å². The molecule has 0 amide bonds. The molecule has 0 spiro atoms. The molecule has 8 heteroatoms. The number of halogens is 1. The molecule has 3 atom stereocenters. The molecule has 0 saturated heterocycles. The minimum atomic E-state index is -0.665. The van der Waals surface area contributed by atoms with Crippen LogP contribution in [0.25, 0.3) is 11.2 Å². The van der Waals surface area contributed by atoms with Crippen molar-refractivity contribution in [2.45, 2.75) is 31.2 Å². The lowest BCUT2D eigenvalue weighted by Gasteiger charge is -2.37. The molecule has 1 aliphatic heterocycles. The second-order valence-corrected chi connectivity index (χ2v) is 7.50. The van der Waals surface area contributed by atoms with Gasteiger partial charge in [-0.15, -0.1) is 0 Å². The first kappa shape index (κ1) is 19.2. The van der Waals surface area contributed by atoms with Gasteiger partial charge in [-0.05, 0) is 30.2 Å². The number of nitrogens with one attached hydrogen (secondary N) is 2. The number of nitrogens with zero attached hydrogens (tertiary/aromatic N) is 3. The Kier molecular flexibility index (Phi) is 4.82. The van der Waals surface area contributed by atoms with Gasteiger partial charge in [-0.3, -0.25) is 4.79 Å².